The third-order valence-electron chi connectivity index (χ3n) is 3.89. The van der Waals surface area contributed by atoms with Crippen molar-refractivity contribution < 1.29 is 24.2 Å². The van der Waals surface area contributed by atoms with E-state index < -0.39 is 30.6 Å². The quantitative estimate of drug-likeness (QED) is 0.206. The highest BCUT2D eigenvalue weighted by molar-refractivity contribution is 14.1. The lowest BCUT2D eigenvalue weighted by Gasteiger charge is -2.46. The molecule has 8 nitrogen and oxygen atoms in total. The summed E-state index contributed by atoms with van der Waals surface area (Å²) in [6.07, 6.45) is 0. The highest BCUT2D eigenvalue weighted by atomic mass is 127. The second-order valence-corrected chi connectivity index (χ2v) is 6.95. The molecule has 2 amide bonds. The lowest BCUT2D eigenvalue weighted by molar-refractivity contribution is -0.151. The second-order valence-electron chi connectivity index (χ2n) is 5.62. The Kier molecular flexibility index (Phi) is 7.29. The zero-order valence-electron chi connectivity index (χ0n) is 13.6. The van der Waals surface area contributed by atoms with Crippen LogP contribution in [0, 0.1) is 0 Å². The van der Waals surface area contributed by atoms with E-state index in [1.165, 1.54) is 4.90 Å². The summed E-state index contributed by atoms with van der Waals surface area (Å²) in [6, 6.07) is 7.06. The average molecular weight is 491 g/mol. The van der Waals surface area contributed by atoms with Gasteiger partial charge in [-0.1, -0.05) is 52.9 Å². The van der Waals surface area contributed by atoms with Crippen molar-refractivity contribution in [3.05, 3.63) is 35.9 Å². The predicted molar refractivity (Wildman–Crippen MR) is 106 cm³/mol. The Morgan fingerprint density at radius 1 is 1.38 bits per heavy atom. The number of carboxylic acids is 1. The summed E-state index contributed by atoms with van der Waals surface area (Å²) in [6.45, 7) is -0.548. The molecule has 4 N–H and O–H groups in total. The lowest BCUT2D eigenvalue weighted by atomic mass is 9.96. The number of hydrogen-bond donors (Lipinski definition) is 3. The van der Waals surface area contributed by atoms with Crippen molar-refractivity contribution in [1.82, 2.24) is 10.2 Å². The molecule has 26 heavy (non-hydrogen) atoms. The van der Waals surface area contributed by atoms with E-state index in [9.17, 15) is 14.4 Å². The fourth-order valence-electron chi connectivity index (χ4n) is 2.51. The Bertz CT molecular complexity index is 702. The zero-order chi connectivity index (χ0) is 19.3. The number of benzene rings is 1. The normalized spacial score (nSPS) is 20.1. The summed E-state index contributed by atoms with van der Waals surface area (Å²) in [4.78, 5) is 36.6. The van der Waals surface area contributed by atoms with Gasteiger partial charge < -0.3 is 25.8 Å². The molecule has 1 aliphatic rings. The van der Waals surface area contributed by atoms with Crippen LogP contribution in [0.3, 0.4) is 0 Å². The molecular formula is C16H18IN3O5S. The average Bonchev–Trinajstić information content (AvgIpc) is 2.64. The molecular weight excluding hydrogens is 473 g/mol. The van der Waals surface area contributed by atoms with Crippen molar-refractivity contribution >= 4 is 57.6 Å². The monoisotopic (exact) mass is 491 g/mol. The molecule has 1 unspecified atom stereocenters. The highest BCUT2D eigenvalue weighted by Gasteiger charge is 2.48. The van der Waals surface area contributed by atoms with E-state index in [1.807, 2.05) is 6.07 Å². The SMILES string of the molecule is NC(C(=O)N[C@H]1C(=O)N(CC(=S)OCC(=O)O)[C@H]1CI)c1ccccc1. The van der Waals surface area contributed by atoms with Crippen LogP contribution in [0.2, 0.25) is 0 Å². The van der Waals surface area contributed by atoms with Gasteiger partial charge in [0.25, 0.3) is 0 Å². The molecule has 0 saturated carbocycles. The Labute approximate surface area is 169 Å². The minimum absolute atomic E-state index is 0.00617. The number of rotatable bonds is 8. The van der Waals surface area contributed by atoms with Gasteiger partial charge >= 0.3 is 5.97 Å². The van der Waals surface area contributed by atoms with E-state index >= 15 is 0 Å². The van der Waals surface area contributed by atoms with Crippen LogP contribution in [0.15, 0.2) is 30.3 Å². The number of ether oxygens (including phenoxy) is 1. The van der Waals surface area contributed by atoms with Gasteiger partial charge in [0.2, 0.25) is 11.8 Å². The number of hydrogen-bond acceptors (Lipinski definition) is 6. The maximum absolute atomic E-state index is 12.3. The molecule has 1 fully saturated rings. The summed E-state index contributed by atoms with van der Waals surface area (Å²) in [7, 11) is 0. The van der Waals surface area contributed by atoms with Crippen LogP contribution in [-0.4, -0.2) is 62.5 Å². The van der Waals surface area contributed by atoms with Crippen LogP contribution >= 0.6 is 34.8 Å². The van der Waals surface area contributed by atoms with Crippen molar-refractivity contribution in [3.8, 4) is 0 Å². The van der Waals surface area contributed by atoms with Gasteiger partial charge in [-0.25, -0.2) is 4.79 Å². The molecule has 0 radical (unpaired) electrons. The number of carbonyl (C=O) groups is 3. The summed E-state index contributed by atoms with van der Waals surface area (Å²) >= 11 is 7.05. The summed E-state index contributed by atoms with van der Waals surface area (Å²) in [5.41, 5.74) is 6.60. The van der Waals surface area contributed by atoms with E-state index in [-0.39, 0.29) is 23.5 Å². The topological polar surface area (TPSA) is 122 Å². The van der Waals surface area contributed by atoms with Crippen molar-refractivity contribution in [2.24, 2.45) is 5.73 Å². The molecule has 2 rings (SSSR count). The van der Waals surface area contributed by atoms with E-state index in [4.69, 9.17) is 27.8 Å². The first-order valence-corrected chi connectivity index (χ1v) is 9.63. The largest absolute Gasteiger partial charge is 0.479 e. The number of likely N-dealkylation sites (tertiary alicyclic amines) is 1. The molecule has 1 aromatic carbocycles. The maximum Gasteiger partial charge on any atom is 0.341 e. The van der Waals surface area contributed by atoms with Crippen molar-refractivity contribution in [3.63, 3.8) is 0 Å². The summed E-state index contributed by atoms with van der Waals surface area (Å²) < 4.78 is 5.46. The molecule has 10 heteroatoms. The van der Waals surface area contributed by atoms with Gasteiger partial charge in [-0.15, -0.1) is 0 Å². The van der Waals surface area contributed by atoms with Gasteiger partial charge in [-0.3, -0.25) is 9.59 Å². The molecule has 1 heterocycles. The molecule has 0 spiro atoms. The Morgan fingerprint density at radius 2 is 2.04 bits per heavy atom. The minimum atomic E-state index is -1.15. The van der Waals surface area contributed by atoms with E-state index in [0.717, 1.165) is 0 Å². The van der Waals surface area contributed by atoms with Crippen molar-refractivity contribution in [1.29, 1.82) is 0 Å². The number of aliphatic carboxylic acids is 1. The van der Waals surface area contributed by atoms with Crippen LogP contribution in [-0.2, 0) is 19.1 Å². The molecule has 140 valence electrons. The van der Waals surface area contributed by atoms with E-state index in [0.29, 0.717) is 9.99 Å². The number of amides is 2. The van der Waals surface area contributed by atoms with Crippen molar-refractivity contribution in [2.75, 3.05) is 17.6 Å². The minimum Gasteiger partial charge on any atom is -0.479 e. The number of nitrogens with two attached hydrogens (primary N) is 1. The zero-order valence-corrected chi connectivity index (χ0v) is 16.6. The number of thiocarbonyl (C=S) groups is 1. The highest BCUT2D eigenvalue weighted by Crippen LogP contribution is 2.23. The third-order valence-corrected chi connectivity index (χ3v) is 5.04. The molecule has 0 aromatic heterocycles. The van der Waals surface area contributed by atoms with Crippen molar-refractivity contribution in [2.45, 2.75) is 18.1 Å². The number of nitrogens with one attached hydrogen (secondary N) is 1. The number of carboxylic acid groups (broad SMARTS) is 1. The molecule has 0 bridgehead atoms. The maximum atomic E-state index is 12.3. The molecule has 1 aromatic rings. The van der Waals surface area contributed by atoms with Crippen LogP contribution in [0.4, 0.5) is 0 Å². The first-order chi connectivity index (χ1) is 12.3. The van der Waals surface area contributed by atoms with Crippen LogP contribution in [0.5, 0.6) is 0 Å². The molecule has 0 aliphatic carbocycles. The Balaban J connectivity index is 1.92. The standard InChI is InChI=1S/C16H18IN3O5S/c17-6-10-14(16(24)20(10)7-12(26)25-8-11(21)22)19-15(23)13(18)9-4-2-1-3-5-9/h1-5,10,13-14H,6-8,18H2,(H,19,23)(H,21,22)/t10-,13?,14+/m0/s1. The Morgan fingerprint density at radius 3 is 2.62 bits per heavy atom. The molecule has 1 saturated heterocycles. The summed E-state index contributed by atoms with van der Waals surface area (Å²) in [5, 5.41) is 11.3. The van der Waals surface area contributed by atoms with Gasteiger partial charge in [0, 0.05) is 4.43 Å². The first-order valence-electron chi connectivity index (χ1n) is 7.70. The van der Waals surface area contributed by atoms with Gasteiger partial charge in [0.1, 0.15) is 12.1 Å². The van der Waals surface area contributed by atoms with E-state index in [1.54, 1.807) is 24.3 Å². The van der Waals surface area contributed by atoms with Crippen LogP contribution in [0.25, 0.3) is 0 Å². The lowest BCUT2D eigenvalue weighted by Crippen LogP contribution is -2.72. The number of nitrogens with zero attached hydrogens (tertiary/aromatic N) is 1. The number of alkyl halides is 1. The van der Waals surface area contributed by atoms with Gasteiger partial charge in [-0.05, 0) is 17.8 Å². The number of carbonyl (C=O) groups excluding carboxylic acids is 2. The second kappa shape index (κ2) is 9.24. The fraction of sp³-hybridized carbons (Fsp3) is 0.375. The van der Waals surface area contributed by atoms with Gasteiger partial charge in [0.05, 0.1) is 12.6 Å². The molecule has 1 aliphatic heterocycles. The summed E-state index contributed by atoms with van der Waals surface area (Å²) in [5.74, 6) is -1.89. The van der Waals surface area contributed by atoms with Crippen LogP contribution in [0.1, 0.15) is 11.6 Å². The van der Waals surface area contributed by atoms with Gasteiger partial charge in [0.15, 0.2) is 11.7 Å². The Hall–Kier alpha value is -1.79. The van der Waals surface area contributed by atoms with E-state index in [2.05, 4.69) is 27.9 Å². The number of β-lactam (4-membered cyclic amide) rings is 1. The predicted octanol–water partition coefficient (Wildman–Crippen LogP) is 0.246. The first kappa shape index (κ1) is 20.5. The van der Waals surface area contributed by atoms with Crippen LogP contribution < -0.4 is 11.1 Å². The third kappa shape index (κ3) is 4.89. The smallest absolute Gasteiger partial charge is 0.341 e. The fourth-order valence-corrected chi connectivity index (χ4v) is 3.69. The molecule has 3 atom stereocenters. The number of halogens is 1. The van der Waals surface area contributed by atoms with Gasteiger partial charge in [-0.2, -0.15) is 0 Å².